The molecule has 1 amide bonds. The molecular weight excluding hydrogens is 334 g/mol. The standard InChI is InChI=1S/C15H18BrN3O2/c1-9-12(10(2)19(3)18-9)8-15(20)17-13-7-11(16)5-6-14(13)21-4/h5-7H,8H2,1-4H3,(H,17,20). The van der Waals surface area contributed by atoms with Crippen LogP contribution in [0.5, 0.6) is 5.75 Å². The molecule has 112 valence electrons. The summed E-state index contributed by atoms with van der Waals surface area (Å²) in [6.45, 7) is 3.87. The molecule has 0 aliphatic rings. The predicted octanol–water partition coefficient (Wildman–Crippen LogP) is 2.99. The Balaban J connectivity index is 2.17. The Morgan fingerprint density at radius 2 is 2.14 bits per heavy atom. The third-order valence-electron chi connectivity index (χ3n) is 3.43. The summed E-state index contributed by atoms with van der Waals surface area (Å²) in [6, 6.07) is 5.49. The second-order valence-corrected chi connectivity index (χ2v) is 5.76. The number of nitrogens with one attached hydrogen (secondary N) is 1. The van der Waals surface area contributed by atoms with Crippen molar-refractivity contribution in [3.05, 3.63) is 39.6 Å². The Hall–Kier alpha value is -1.82. The van der Waals surface area contributed by atoms with Gasteiger partial charge in [0.05, 0.1) is 24.9 Å². The number of rotatable bonds is 4. The van der Waals surface area contributed by atoms with Crippen LogP contribution in [0, 0.1) is 13.8 Å². The molecule has 1 aromatic heterocycles. The number of aromatic nitrogens is 2. The molecule has 21 heavy (non-hydrogen) atoms. The maximum atomic E-state index is 12.3. The van der Waals surface area contributed by atoms with Gasteiger partial charge in [-0.1, -0.05) is 15.9 Å². The lowest BCUT2D eigenvalue weighted by atomic mass is 10.1. The fourth-order valence-corrected chi connectivity index (χ4v) is 2.57. The zero-order valence-electron chi connectivity index (χ0n) is 12.5. The summed E-state index contributed by atoms with van der Waals surface area (Å²) in [7, 11) is 3.45. The van der Waals surface area contributed by atoms with Gasteiger partial charge < -0.3 is 10.1 Å². The van der Waals surface area contributed by atoms with Crippen molar-refractivity contribution >= 4 is 27.5 Å². The minimum absolute atomic E-state index is 0.0920. The van der Waals surface area contributed by atoms with E-state index in [1.165, 1.54) is 0 Å². The van der Waals surface area contributed by atoms with Gasteiger partial charge >= 0.3 is 0 Å². The molecule has 0 atom stereocenters. The van der Waals surface area contributed by atoms with Gasteiger partial charge in [0.2, 0.25) is 5.91 Å². The van der Waals surface area contributed by atoms with Crippen molar-refractivity contribution in [3.63, 3.8) is 0 Å². The van der Waals surface area contributed by atoms with Crippen molar-refractivity contribution in [1.29, 1.82) is 0 Å². The molecule has 1 N–H and O–H groups in total. The zero-order valence-corrected chi connectivity index (χ0v) is 14.1. The van der Waals surface area contributed by atoms with Gasteiger partial charge in [-0.2, -0.15) is 5.10 Å². The largest absolute Gasteiger partial charge is 0.495 e. The number of methoxy groups -OCH3 is 1. The van der Waals surface area contributed by atoms with Crippen molar-refractivity contribution < 1.29 is 9.53 Å². The number of aryl methyl sites for hydroxylation is 2. The molecule has 0 saturated heterocycles. The molecule has 1 aromatic carbocycles. The molecule has 2 aromatic rings. The number of anilines is 1. The lowest BCUT2D eigenvalue weighted by molar-refractivity contribution is -0.115. The third-order valence-corrected chi connectivity index (χ3v) is 3.93. The average Bonchev–Trinajstić information content (AvgIpc) is 2.66. The number of amides is 1. The first-order valence-corrected chi connectivity index (χ1v) is 7.34. The van der Waals surface area contributed by atoms with Crippen LogP contribution < -0.4 is 10.1 Å². The molecule has 0 radical (unpaired) electrons. The summed E-state index contributed by atoms with van der Waals surface area (Å²) in [5.74, 6) is 0.539. The monoisotopic (exact) mass is 351 g/mol. The first kappa shape index (κ1) is 15.6. The van der Waals surface area contributed by atoms with E-state index in [0.717, 1.165) is 21.4 Å². The first-order chi connectivity index (χ1) is 9.92. The highest BCUT2D eigenvalue weighted by Crippen LogP contribution is 2.28. The number of carbonyl (C=O) groups excluding carboxylic acids is 1. The van der Waals surface area contributed by atoms with Crippen LogP contribution >= 0.6 is 15.9 Å². The van der Waals surface area contributed by atoms with Crippen LogP contribution in [0.3, 0.4) is 0 Å². The molecule has 0 aliphatic carbocycles. The van der Waals surface area contributed by atoms with E-state index in [-0.39, 0.29) is 5.91 Å². The molecule has 0 bridgehead atoms. The van der Waals surface area contributed by atoms with Gasteiger partial charge in [0.25, 0.3) is 0 Å². The van der Waals surface area contributed by atoms with E-state index < -0.39 is 0 Å². The maximum Gasteiger partial charge on any atom is 0.229 e. The van der Waals surface area contributed by atoms with Crippen molar-refractivity contribution in [3.8, 4) is 5.75 Å². The number of nitrogens with zero attached hydrogens (tertiary/aromatic N) is 2. The Bertz CT molecular complexity index is 680. The number of benzene rings is 1. The fraction of sp³-hybridized carbons (Fsp3) is 0.333. The van der Waals surface area contributed by atoms with Crippen LogP contribution in [0.1, 0.15) is 17.0 Å². The van der Waals surface area contributed by atoms with E-state index >= 15 is 0 Å². The highest BCUT2D eigenvalue weighted by Gasteiger charge is 2.15. The molecule has 0 saturated carbocycles. The average molecular weight is 352 g/mol. The van der Waals surface area contributed by atoms with E-state index in [1.807, 2.05) is 33.0 Å². The molecule has 5 nitrogen and oxygen atoms in total. The van der Waals surface area contributed by atoms with Gasteiger partial charge in [-0.05, 0) is 32.0 Å². The second kappa shape index (κ2) is 6.30. The highest BCUT2D eigenvalue weighted by atomic mass is 79.9. The van der Waals surface area contributed by atoms with Crippen LogP contribution in [0.25, 0.3) is 0 Å². The first-order valence-electron chi connectivity index (χ1n) is 6.55. The van der Waals surface area contributed by atoms with E-state index in [0.29, 0.717) is 17.9 Å². The fourth-order valence-electron chi connectivity index (χ4n) is 2.21. The SMILES string of the molecule is COc1ccc(Br)cc1NC(=O)Cc1c(C)nn(C)c1C. The van der Waals surface area contributed by atoms with Gasteiger partial charge in [0, 0.05) is 22.8 Å². The van der Waals surface area contributed by atoms with E-state index in [1.54, 1.807) is 17.9 Å². The van der Waals surface area contributed by atoms with Gasteiger partial charge in [0.1, 0.15) is 5.75 Å². The molecule has 1 heterocycles. The Morgan fingerprint density at radius 3 is 2.71 bits per heavy atom. The molecular formula is C15H18BrN3O2. The number of hydrogen-bond donors (Lipinski definition) is 1. The summed E-state index contributed by atoms with van der Waals surface area (Å²) in [5, 5.41) is 7.21. The zero-order chi connectivity index (χ0) is 15.6. The quantitative estimate of drug-likeness (QED) is 0.920. The Kier molecular flexibility index (Phi) is 4.67. The van der Waals surface area contributed by atoms with Crippen molar-refractivity contribution in [1.82, 2.24) is 9.78 Å². The minimum Gasteiger partial charge on any atom is -0.495 e. The topological polar surface area (TPSA) is 56.1 Å². The predicted molar refractivity (Wildman–Crippen MR) is 85.7 cm³/mol. The smallest absolute Gasteiger partial charge is 0.229 e. The lowest BCUT2D eigenvalue weighted by Crippen LogP contribution is -2.16. The van der Waals surface area contributed by atoms with Gasteiger partial charge in [-0.3, -0.25) is 9.48 Å². The molecule has 0 unspecified atom stereocenters. The van der Waals surface area contributed by atoms with E-state index in [4.69, 9.17) is 4.74 Å². The molecule has 0 spiro atoms. The Morgan fingerprint density at radius 1 is 1.43 bits per heavy atom. The van der Waals surface area contributed by atoms with Crippen molar-refractivity contribution in [2.75, 3.05) is 12.4 Å². The van der Waals surface area contributed by atoms with Crippen molar-refractivity contribution in [2.24, 2.45) is 7.05 Å². The molecule has 0 fully saturated rings. The molecule has 2 rings (SSSR count). The molecule has 0 aliphatic heterocycles. The second-order valence-electron chi connectivity index (χ2n) is 4.84. The number of hydrogen-bond acceptors (Lipinski definition) is 3. The van der Waals surface area contributed by atoms with Gasteiger partial charge in [-0.25, -0.2) is 0 Å². The summed E-state index contributed by atoms with van der Waals surface area (Å²) in [5.41, 5.74) is 3.50. The summed E-state index contributed by atoms with van der Waals surface area (Å²) in [6.07, 6.45) is 0.293. The van der Waals surface area contributed by atoms with Crippen molar-refractivity contribution in [2.45, 2.75) is 20.3 Å². The number of carbonyl (C=O) groups is 1. The maximum absolute atomic E-state index is 12.3. The van der Waals surface area contributed by atoms with Crippen LogP contribution in [0.2, 0.25) is 0 Å². The van der Waals surface area contributed by atoms with Gasteiger partial charge in [-0.15, -0.1) is 0 Å². The normalized spacial score (nSPS) is 10.5. The van der Waals surface area contributed by atoms with Crippen LogP contribution in [0.4, 0.5) is 5.69 Å². The van der Waals surface area contributed by atoms with Crippen LogP contribution in [-0.4, -0.2) is 22.8 Å². The van der Waals surface area contributed by atoms with Crippen LogP contribution in [0.15, 0.2) is 22.7 Å². The summed E-state index contributed by atoms with van der Waals surface area (Å²) < 4.78 is 7.92. The van der Waals surface area contributed by atoms with Crippen LogP contribution in [-0.2, 0) is 18.3 Å². The number of halogens is 1. The highest BCUT2D eigenvalue weighted by molar-refractivity contribution is 9.10. The third kappa shape index (κ3) is 3.44. The van der Waals surface area contributed by atoms with E-state index in [2.05, 4.69) is 26.3 Å². The summed E-state index contributed by atoms with van der Waals surface area (Å²) >= 11 is 3.39. The summed E-state index contributed by atoms with van der Waals surface area (Å²) in [4.78, 5) is 12.3. The van der Waals surface area contributed by atoms with E-state index in [9.17, 15) is 4.79 Å². The molecule has 6 heteroatoms. The number of ether oxygens (including phenoxy) is 1. The lowest BCUT2D eigenvalue weighted by Gasteiger charge is -2.10. The van der Waals surface area contributed by atoms with Gasteiger partial charge in [0.15, 0.2) is 0 Å². The minimum atomic E-state index is -0.0920. The Labute approximate surface area is 132 Å².